The largest absolute Gasteiger partial charge is 0.350 e. The average Bonchev–Trinajstić information content (AvgIpc) is 2.54. The molecule has 1 amide bonds. The number of carbonyl (C=O) groups excluding carboxylic acids is 1. The first-order valence-electron chi connectivity index (χ1n) is 7.21. The van der Waals surface area contributed by atoms with Crippen molar-refractivity contribution in [3.8, 4) is 0 Å². The number of para-hydroxylation sites is 1. The van der Waals surface area contributed by atoms with Gasteiger partial charge < -0.3 is 5.32 Å². The summed E-state index contributed by atoms with van der Waals surface area (Å²) in [5, 5.41) is 2.65. The summed E-state index contributed by atoms with van der Waals surface area (Å²) in [7, 11) is -3.85. The van der Waals surface area contributed by atoms with E-state index in [2.05, 4.69) is 10.3 Å². The SMILES string of the molecule is CC(C(=O)NCc1ccncc1)N(c1ccccc1F)S(C)(=O)=O. The molecule has 1 heterocycles. The number of halogens is 1. The number of benzene rings is 1. The molecule has 0 aliphatic heterocycles. The summed E-state index contributed by atoms with van der Waals surface area (Å²) in [4.78, 5) is 16.2. The number of anilines is 1. The minimum absolute atomic E-state index is 0.161. The molecule has 0 spiro atoms. The van der Waals surface area contributed by atoms with E-state index in [4.69, 9.17) is 0 Å². The fourth-order valence-electron chi connectivity index (χ4n) is 2.25. The lowest BCUT2D eigenvalue weighted by molar-refractivity contribution is -0.122. The summed E-state index contributed by atoms with van der Waals surface area (Å²) in [6, 6.07) is 7.80. The molecule has 0 aliphatic rings. The highest BCUT2D eigenvalue weighted by atomic mass is 32.2. The lowest BCUT2D eigenvalue weighted by atomic mass is 10.2. The van der Waals surface area contributed by atoms with Gasteiger partial charge in [-0.05, 0) is 36.8 Å². The molecule has 1 N–H and O–H groups in total. The number of amides is 1. The van der Waals surface area contributed by atoms with Gasteiger partial charge in [-0.3, -0.25) is 14.1 Å². The molecular formula is C16H18FN3O3S. The topological polar surface area (TPSA) is 79.4 Å². The van der Waals surface area contributed by atoms with Crippen LogP contribution in [0.2, 0.25) is 0 Å². The van der Waals surface area contributed by atoms with E-state index in [0.29, 0.717) is 0 Å². The molecular weight excluding hydrogens is 333 g/mol. The van der Waals surface area contributed by atoms with E-state index in [1.807, 2.05) is 0 Å². The highest BCUT2D eigenvalue weighted by molar-refractivity contribution is 7.92. The van der Waals surface area contributed by atoms with Crippen molar-refractivity contribution in [2.24, 2.45) is 0 Å². The molecule has 6 nitrogen and oxygen atoms in total. The maximum atomic E-state index is 14.0. The smallest absolute Gasteiger partial charge is 0.243 e. The van der Waals surface area contributed by atoms with E-state index in [-0.39, 0.29) is 12.2 Å². The molecule has 2 aromatic rings. The minimum atomic E-state index is -3.85. The summed E-state index contributed by atoms with van der Waals surface area (Å²) < 4.78 is 38.9. The predicted octanol–water partition coefficient (Wildman–Crippen LogP) is 1.69. The first-order chi connectivity index (χ1) is 11.3. The van der Waals surface area contributed by atoms with Crippen molar-refractivity contribution in [3.63, 3.8) is 0 Å². The maximum absolute atomic E-state index is 14.0. The monoisotopic (exact) mass is 351 g/mol. The summed E-state index contributed by atoms with van der Waals surface area (Å²) in [5.74, 6) is -1.24. The Morgan fingerprint density at radius 1 is 1.25 bits per heavy atom. The molecule has 8 heteroatoms. The molecule has 0 aliphatic carbocycles. The van der Waals surface area contributed by atoms with Crippen LogP contribution in [0.5, 0.6) is 0 Å². The van der Waals surface area contributed by atoms with Crippen LogP contribution in [0.4, 0.5) is 10.1 Å². The Balaban J connectivity index is 2.21. The highest BCUT2D eigenvalue weighted by Gasteiger charge is 2.30. The first kappa shape index (κ1) is 17.9. The number of pyridine rings is 1. The Kier molecular flexibility index (Phi) is 5.50. The van der Waals surface area contributed by atoms with Gasteiger partial charge in [-0.15, -0.1) is 0 Å². The van der Waals surface area contributed by atoms with E-state index in [1.165, 1.54) is 25.1 Å². The Morgan fingerprint density at radius 2 is 1.88 bits per heavy atom. The third kappa shape index (κ3) is 4.29. The number of nitrogens with zero attached hydrogens (tertiary/aromatic N) is 2. The van der Waals surface area contributed by atoms with Crippen LogP contribution in [0.15, 0.2) is 48.8 Å². The van der Waals surface area contributed by atoms with Gasteiger partial charge in [0, 0.05) is 18.9 Å². The Hall–Kier alpha value is -2.48. The summed E-state index contributed by atoms with van der Waals surface area (Å²) >= 11 is 0. The van der Waals surface area contributed by atoms with Gasteiger partial charge in [0.05, 0.1) is 11.9 Å². The number of hydrogen-bond acceptors (Lipinski definition) is 4. The van der Waals surface area contributed by atoms with Gasteiger partial charge in [0.25, 0.3) is 0 Å². The van der Waals surface area contributed by atoms with Crippen LogP contribution in [0.1, 0.15) is 12.5 Å². The Labute approximate surface area is 140 Å². The summed E-state index contributed by atoms with van der Waals surface area (Å²) in [6.45, 7) is 1.63. The van der Waals surface area contributed by atoms with Crippen molar-refractivity contribution in [1.29, 1.82) is 0 Å². The van der Waals surface area contributed by atoms with Crippen molar-refractivity contribution >= 4 is 21.6 Å². The zero-order chi connectivity index (χ0) is 17.7. The fraction of sp³-hybridized carbons (Fsp3) is 0.250. The second-order valence-corrected chi connectivity index (χ2v) is 7.12. The summed E-state index contributed by atoms with van der Waals surface area (Å²) in [5.41, 5.74) is 0.661. The Bertz CT molecular complexity index is 812. The van der Waals surface area contributed by atoms with E-state index in [0.717, 1.165) is 22.2 Å². The lowest BCUT2D eigenvalue weighted by Gasteiger charge is -2.28. The third-order valence-electron chi connectivity index (χ3n) is 3.39. The van der Waals surface area contributed by atoms with E-state index >= 15 is 0 Å². The fourth-order valence-corrected chi connectivity index (χ4v) is 3.42. The number of rotatable bonds is 6. The molecule has 0 saturated heterocycles. The molecule has 0 bridgehead atoms. The van der Waals surface area contributed by atoms with Crippen LogP contribution in [0.25, 0.3) is 0 Å². The first-order valence-corrected chi connectivity index (χ1v) is 9.06. The van der Waals surface area contributed by atoms with Crippen LogP contribution in [0, 0.1) is 5.82 Å². The van der Waals surface area contributed by atoms with E-state index in [9.17, 15) is 17.6 Å². The lowest BCUT2D eigenvalue weighted by Crippen LogP contribution is -2.48. The van der Waals surface area contributed by atoms with E-state index < -0.39 is 27.8 Å². The van der Waals surface area contributed by atoms with Gasteiger partial charge in [0.15, 0.2) is 0 Å². The third-order valence-corrected chi connectivity index (χ3v) is 4.62. The van der Waals surface area contributed by atoms with Crippen molar-refractivity contribution in [1.82, 2.24) is 10.3 Å². The number of hydrogen-bond donors (Lipinski definition) is 1. The predicted molar refractivity (Wildman–Crippen MR) is 89.3 cm³/mol. The second kappa shape index (κ2) is 7.39. The molecule has 0 radical (unpaired) electrons. The van der Waals surface area contributed by atoms with Crippen LogP contribution >= 0.6 is 0 Å². The van der Waals surface area contributed by atoms with Crippen LogP contribution < -0.4 is 9.62 Å². The number of nitrogens with one attached hydrogen (secondary N) is 1. The maximum Gasteiger partial charge on any atom is 0.243 e. The molecule has 0 saturated carbocycles. The van der Waals surface area contributed by atoms with Crippen molar-refractivity contribution in [3.05, 3.63) is 60.2 Å². The van der Waals surface area contributed by atoms with Gasteiger partial charge in [0.1, 0.15) is 11.9 Å². The van der Waals surface area contributed by atoms with Crippen molar-refractivity contribution in [2.45, 2.75) is 19.5 Å². The second-order valence-electron chi connectivity index (χ2n) is 5.26. The van der Waals surface area contributed by atoms with Crippen LogP contribution in [0.3, 0.4) is 0 Å². The van der Waals surface area contributed by atoms with Gasteiger partial charge in [0.2, 0.25) is 15.9 Å². The zero-order valence-electron chi connectivity index (χ0n) is 13.3. The number of aromatic nitrogens is 1. The minimum Gasteiger partial charge on any atom is -0.350 e. The van der Waals surface area contributed by atoms with E-state index in [1.54, 1.807) is 24.5 Å². The molecule has 1 aromatic heterocycles. The summed E-state index contributed by atoms with van der Waals surface area (Å²) in [6.07, 6.45) is 4.12. The molecule has 2 rings (SSSR count). The Morgan fingerprint density at radius 3 is 2.46 bits per heavy atom. The van der Waals surface area contributed by atoms with Gasteiger partial charge in [-0.2, -0.15) is 0 Å². The van der Waals surface area contributed by atoms with Gasteiger partial charge in [-0.1, -0.05) is 12.1 Å². The van der Waals surface area contributed by atoms with Gasteiger partial charge >= 0.3 is 0 Å². The van der Waals surface area contributed by atoms with Crippen molar-refractivity contribution < 1.29 is 17.6 Å². The standard InChI is InChI=1S/C16H18FN3O3S/c1-12(16(21)19-11-13-7-9-18-10-8-13)20(24(2,22)23)15-6-4-3-5-14(15)17/h3-10,12H,11H2,1-2H3,(H,19,21). The quantitative estimate of drug-likeness (QED) is 0.859. The molecule has 1 atom stereocenters. The number of sulfonamides is 1. The van der Waals surface area contributed by atoms with Crippen LogP contribution in [-0.2, 0) is 21.4 Å². The van der Waals surface area contributed by atoms with Gasteiger partial charge in [-0.25, -0.2) is 12.8 Å². The normalized spacial score (nSPS) is 12.5. The van der Waals surface area contributed by atoms with Crippen LogP contribution in [-0.4, -0.2) is 31.6 Å². The molecule has 128 valence electrons. The average molecular weight is 351 g/mol. The highest BCUT2D eigenvalue weighted by Crippen LogP contribution is 2.24. The molecule has 1 aromatic carbocycles. The van der Waals surface area contributed by atoms with Crippen molar-refractivity contribution in [2.75, 3.05) is 10.6 Å². The number of carbonyl (C=O) groups is 1. The molecule has 24 heavy (non-hydrogen) atoms. The molecule has 1 unspecified atom stereocenters. The zero-order valence-corrected chi connectivity index (χ0v) is 14.1. The molecule has 0 fully saturated rings.